The Morgan fingerprint density at radius 2 is 1.52 bits per heavy atom. The van der Waals surface area contributed by atoms with Crippen LogP contribution in [-0.2, 0) is 11.2 Å². The summed E-state index contributed by atoms with van der Waals surface area (Å²) < 4.78 is 0. The number of amides is 3. The maximum atomic E-state index is 11.9. The molecule has 3 rings (SSSR count). The van der Waals surface area contributed by atoms with Gasteiger partial charge in [-0.1, -0.05) is 30.3 Å². The number of nitrogens with zero attached hydrogens (tertiary/aromatic N) is 3. The van der Waals surface area contributed by atoms with Crippen LogP contribution in [0.1, 0.15) is 19.4 Å². The average Bonchev–Trinajstić information content (AvgIpc) is 2.80. The number of imide groups is 1. The second-order valence-corrected chi connectivity index (χ2v) is 6.42. The number of benzene rings is 2. The van der Waals surface area contributed by atoms with Gasteiger partial charge in [0, 0.05) is 6.54 Å². The number of hydrogen-bond acceptors (Lipinski definition) is 4. The average molecular weight is 336 g/mol. The van der Waals surface area contributed by atoms with E-state index in [9.17, 15) is 9.59 Å². The molecule has 2 aromatic carbocycles. The first-order valence-corrected chi connectivity index (χ1v) is 8.15. The molecule has 0 aromatic heterocycles. The van der Waals surface area contributed by atoms with Gasteiger partial charge in [-0.15, -0.1) is 0 Å². The predicted molar refractivity (Wildman–Crippen MR) is 95.1 cm³/mol. The third-order valence-electron chi connectivity index (χ3n) is 4.29. The Morgan fingerprint density at radius 1 is 0.920 bits per heavy atom. The van der Waals surface area contributed by atoms with Gasteiger partial charge in [-0.3, -0.25) is 10.1 Å². The molecule has 0 unspecified atom stereocenters. The molecule has 1 N–H and O–H groups in total. The lowest BCUT2D eigenvalue weighted by Crippen LogP contribution is -2.45. The van der Waals surface area contributed by atoms with Gasteiger partial charge in [0.25, 0.3) is 5.91 Å². The second kappa shape index (κ2) is 6.84. The molecule has 0 atom stereocenters. The molecule has 0 radical (unpaired) electrons. The number of carbonyl (C=O) groups excluding carboxylic acids is 2. The smallest absolute Gasteiger partial charge is 0.310 e. The number of hydrogen-bond donors (Lipinski definition) is 1. The molecule has 6 nitrogen and oxygen atoms in total. The van der Waals surface area contributed by atoms with Crippen molar-refractivity contribution in [3.8, 4) is 0 Å². The van der Waals surface area contributed by atoms with Crippen LogP contribution < -0.4 is 5.32 Å². The van der Waals surface area contributed by atoms with Crippen LogP contribution >= 0.6 is 0 Å². The molecule has 6 heteroatoms. The van der Waals surface area contributed by atoms with Gasteiger partial charge in [-0.25, -0.2) is 4.79 Å². The van der Waals surface area contributed by atoms with Crippen molar-refractivity contribution in [1.29, 1.82) is 0 Å². The van der Waals surface area contributed by atoms with E-state index in [-0.39, 0.29) is 11.9 Å². The summed E-state index contributed by atoms with van der Waals surface area (Å²) in [5, 5.41) is 10.7. The van der Waals surface area contributed by atoms with Gasteiger partial charge < -0.3 is 4.90 Å². The number of nitrogens with one attached hydrogen (secondary N) is 1. The molecule has 1 fully saturated rings. The summed E-state index contributed by atoms with van der Waals surface area (Å²) in [4.78, 5) is 25.2. The molecule has 128 valence electrons. The van der Waals surface area contributed by atoms with Gasteiger partial charge in [0.15, 0.2) is 0 Å². The van der Waals surface area contributed by atoms with E-state index in [1.807, 2.05) is 54.6 Å². The molecule has 1 aliphatic heterocycles. The van der Waals surface area contributed by atoms with Crippen LogP contribution in [0.2, 0.25) is 0 Å². The summed E-state index contributed by atoms with van der Waals surface area (Å²) in [5.74, 6) is -0.255. The Bertz CT molecular complexity index is 798. The van der Waals surface area contributed by atoms with Gasteiger partial charge in [-0.05, 0) is 50.1 Å². The Morgan fingerprint density at radius 3 is 2.08 bits per heavy atom. The molecule has 0 spiro atoms. The van der Waals surface area contributed by atoms with E-state index in [1.54, 1.807) is 18.7 Å². The Labute approximate surface area is 146 Å². The molecule has 1 saturated heterocycles. The van der Waals surface area contributed by atoms with E-state index in [0.717, 1.165) is 16.9 Å². The van der Waals surface area contributed by atoms with Crippen molar-refractivity contribution in [2.45, 2.75) is 25.8 Å². The monoisotopic (exact) mass is 336 g/mol. The molecule has 2 aromatic rings. The number of carbonyl (C=O) groups is 2. The minimum Gasteiger partial charge on any atom is -0.310 e. The first-order valence-electron chi connectivity index (χ1n) is 8.15. The van der Waals surface area contributed by atoms with Crippen molar-refractivity contribution >= 4 is 23.3 Å². The standard InChI is InChI=1S/C19H20N4O2/c1-19(2)17(24)20-18(25)23(19)13-12-14-8-10-16(11-9-14)22-21-15-6-4-3-5-7-15/h3-11H,12-13H2,1-2H3,(H,20,24,25). The SMILES string of the molecule is CC1(C)C(=O)NC(=O)N1CCc1ccc(N=Nc2ccccc2)cc1. The summed E-state index contributed by atoms with van der Waals surface area (Å²) in [6.07, 6.45) is 0.667. The fraction of sp³-hybridized carbons (Fsp3) is 0.263. The molecule has 3 amide bonds. The Kier molecular flexibility index (Phi) is 4.61. The van der Waals surface area contributed by atoms with Crippen LogP contribution in [0.4, 0.5) is 16.2 Å². The van der Waals surface area contributed by atoms with Crippen molar-refractivity contribution in [1.82, 2.24) is 10.2 Å². The zero-order chi connectivity index (χ0) is 17.9. The highest BCUT2D eigenvalue weighted by Gasteiger charge is 2.44. The summed E-state index contributed by atoms with van der Waals surface area (Å²) >= 11 is 0. The van der Waals surface area contributed by atoms with Crippen LogP contribution in [0, 0.1) is 0 Å². The van der Waals surface area contributed by atoms with Gasteiger partial charge in [0.2, 0.25) is 0 Å². The van der Waals surface area contributed by atoms with Crippen molar-refractivity contribution in [2.75, 3.05) is 6.54 Å². The summed E-state index contributed by atoms with van der Waals surface area (Å²) in [6.45, 7) is 3.98. The third-order valence-corrected chi connectivity index (χ3v) is 4.29. The maximum Gasteiger partial charge on any atom is 0.325 e. The molecular formula is C19H20N4O2. The molecule has 25 heavy (non-hydrogen) atoms. The highest BCUT2D eigenvalue weighted by Crippen LogP contribution is 2.22. The minimum atomic E-state index is -0.805. The lowest BCUT2D eigenvalue weighted by molar-refractivity contribution is -0.125. The number of urea groups is 1. The first-order chi connectivity index (χ1) is 12.0. The van der Waals surface area contributed by atoms with E-state index < -0.39 is 5.54 Å². The quantitative estimate of drug-likeness (QED) is 0.662. The first kappa shape index (κ1) is 16.8. The van der Waals surface area contributed by atoms with E-state index in [0.29, 0.717) is 13.0 Å². The summed E-state index contributed by atoms with van der Waals surface area (Å²) in [6, 6.07) is 16.9. The van der Waals surface area contributed by atoms with Gasteiger partial charge in [-0.2, -0.15) is 10.2 Å². The van der Waals surface area contributed by atoms with Gasteiger partial charge in [0.05, 0.1) is 11.4 Å². The van der Waals surface area contributed by atoms with Gasteiger partial charge in [0.1, 0.15) is 5.54 Å². The molecular weight excluding hydrogens is 316 g/mol. The highest BCUT2D eigenvalue weighted by molar-refractivity contribution is 6.06. The highest BCUT2D eigenvalue weighted by atomic mass is 16.2. The maximum absolute atomic E-state index is 11.9. The fourth-order valence-corrected chi connectivity index (χ4v) is 2.66. The molecule has 0 bridgehead atoms. The number of rotatable bonds is 5. The normalized spacial score (nSPS) is 16.5. The molecule has 0 saturated carbocycles. The molecule has 1 aliphatic rings. The lowest BCUT2D eigenvalue weighted by Gasteiger charge is -2.27. The summed E-state index contributed by atoms with van der Waals surface area (Å²) in [7, 11) is 0. The van der Waals surface area contributed by atoms with Gasteiger partial charge >= 0.3 is 6.03 Å². The molecule has 0 aliphatic carbocycles. The van der Waals surface area contributed by atoms with E-state index in [1.165, 1.54) is 0 Å². The van der Waals surface area contributed by atoms with Crippen LogP contribution in [0.25, 0.3) is 0 Å². The number of azo groups is 1. The van der Waals surface area contributed by atoms with Crippen molar-refractivity contribution in [3.63, 3.8) is 0 Å². The summed E-state index contributed by atoms with van der Waals surface area (Å²) in [5.41, 5.74) is 1.84. The van der Waals surface area contributed by atoms with E-state index >= 15 is 0 Å². The Hall–Kier alpha value is -3.02. The van der Waals surface area contributed by atoms with E-state index in [4.69, 9.17) is 0 Å². The van der Waals surface area contributed by atoms with Crippen molar-refractivity contribution in [3.05, 3.63) is 60.2 Å². The van der Waals surface area contributed by atoms with Crippen LogP contribution in [0.3, 0.4) is 0 Å². The minimum absolute atomic E-state index is 0.255. The second-order valence-electron chi connectivity index (χ2n) is 6.42. The zero-order valence-electron chi connectivity index (χ0n) is 14.3. The van der Waals surface area contributed by atoms with Crippen LogP contribution in [0.5, 0.6) is 0 Å². The van der Waals surface area contributed by atoms with E-state index in [2.05, 4.69) is 15.5 Å². The largest absolute Gasteiger partial charge is 0.325 e. The fourth-order valence-electron chi connectivity index (χ4n) is 2.66. The Balaban J connectivity index is 1.61. The lowest BCUT2D eigenvalue weighted by atomic mass is 10.0. The van der Waals surface area contributed by atoms with Crippen molar-refractivity contribution < 1.29 is 9.59 Å². The third kappa shape index (κ3) is 3.74. The molecule has 1 heterocycles. The van der Waals surface area contributed by atoms with Crippen LogP contribution in [0.15, 0.2) is 64.8 Å². The zero-order valence-corrected chi connectivity index (χ0v) is 14.3. The topological polar surface area (TPSA) is 74.1 Å². The predicted octanol–water partition coefficient (Wildman–Crippen LogP) is 3.97. The van der Waals surface area contributed by atoms with Crippen molar-refractivity contribution in [2.24, 2.45) is 10.2 Å². The van der Waals surface area contributed by atoms with Crippen LogP contribution in [-0.4, -0.2) is 28.9 Å².